The first-order valence-electron chi connectivity index (χ1n) is 11.2. The zero-order valence-corrected chi connectivity index (χ0v) is 19.8. The topological polar surface area (TPSA) is 96.2 Å². The second-order valence-electron chi connectivity index (χ2n) is 8.74. The minimum atomic E-state index is -3.93. The molecule has 10 heteroatoms. The van der Waals surface area contributed by atoms with Crippen molar-refractivity contribution in [3.63, 3.8) is 0 Å². The number of hydrogen-bond acceptors (Lipinski definition) is 7. The highest BCUT2D eigenvalue weighted by molar-refractivity contribution is 7.89. The Kier molecular flexibility index (Phi) is 6.99. The summed E-state index contributed by atoms with van der Waals surface area (Å²) in [6.07, 6.45) is -0.487. The second kappa shape index (κ2) is 9.76. The first kappa shape index (κ1) is 23.6. The normalized spacial score (nSPS) is 22.9. The van der Waals surface area contributed by atoms with E-state index in [1.807, 2.05) is 36.9 Å². The monoisotopic (exact) mass is 474 g/mol. The van der Waals surface area contributed by atoms with E-state index in [4.69, 9.17) is 4.74 Å². The van der Waals surface area contributed by atoms with Gasteiger partial charge in [-0.2, -0.15) is 4.31 Å². The number of nitro benzene ring substituents is 1. The van der Waals surface area contributed by atoms with E-state index in [1.54, 1.807) is 6.07 Å². The first-order chi connectivity index (χ1) is 15.7. The molecule has 0 unspecified atom stereocenters. The molecule has 9 nitrogen and oxygen atoms in total. The van der Waals surface area contributed by atoms with Gasteiger partial charge in [0.15, 0.2) is 0 Å². The molecule has 2 aliphatic rings. The van der Waals surface area contributed by atoms with E-state index >= 15 is 0 Å². The molecule has 0 amide bonds. The molecular weight excluding hydrogens is 444 g/mol. The molecule has 2 fully saturated rings. The Morgan fingerprint density at radius 1 is 1.00 bits per heavy atom. The number of nitro groups is 1. The molecule has 0 aliphatic carbocycles. The average molecular weight is 475 g/mol. The third kappa shape index (κ3) is 5.35. The first-order valence-corrected chi connectivity index (χ1v) is 12.6. The summed E-state index contributed by atoms with van der Waals surface area (Å²) in [5, 5.41) is 11.4. The zero-order chi connectivity index (χ0) is 23.6. The molecule has 2 heterocycles. The van der Waals surface area contributed by atoms with E-state index in [-0.39, 0.29) is 35.9 Å². The molecule has 0 spiro atoms. The fourth-order valence-electron chi connectivity index (χ4n) is 4.54. The standard InChI is InChI=1S/C23H30N4O5S/c1-18-15-26(16-19(2)32-18)33(30,31)23-14-21(27(28)29)8-9-22(23)25-12-10-24(11-13-25)17-20-6-4-3-5-7-20/h3-9,14,18-19H,10-13,15-17H2,1-2H3/t18-,19-/m1/s1. The van der Waals surface area contributed by atoms with Crippen molar-refractivity contribution in [2.24, 2.45) is 0 Å². The third-order valence-electron chi connectivity index (χ3n) is 6.12. The molecule has 4 rings (SSSR count). The Bertz CT molecular complexity index is 1080. The minimum Gasteiger partial charge on any atom is -0.373 e. The Morgan fingerprint density at radius 3 is 2.24 bits per heavy atom. The summed E-state index contributed by atoms with van der Waals surface area (Å²) in [7, 11) is -3.93. The van der Waals surface area contributed by atoms with Crippen molar-refractivity contribution < 1.29 is 18.1 Å². The molecule has 0 N–H and O–H groups in total. The average Bonchev–Trinajstić information content (AvgIpc) is 2.79. The number of nitrogens with zero attached hydrogens (tertiary/aromatic N) is 4. The Balaban J connectivity index is 1.58. The maximum atomic E-state index is 13.6. The Morgan fingerprint density at radius 2 is 1.64 bits per heavy atom. The Labute approximate surface area is 194 Å². The molecule has 2 saturated heterocycles. The van der Waals surface area contributed by atoms with Crippen LogP contribution >= 0.6 is 0 Å². The molecule has 0 saturated carbocycles. The molecule has 2 aromatic rings. The van der Waals surface area contributed by atoms with Gasteiger partial charge in [0, 0.05) is 57.9 Å². The number of ether oxygens (including phenoxy) is 1. The highest BCUT2D eigenvalue weighted by Gasteiger charge is 2.36. The van der Waals surface area contributed by atoms with E-state index in [2.05, 4.69) is 17.0 Å². The van der Waals surface area contributed by atoms with E-state index in [1.165, 1.54) is 22.0 Å². The maximum absolute atomic E-state index is 13.6. The van der Waals surface area contributed by atoms with Gasteiger partial charge in [0.1, 0.15) is 4.90 Å². The highest BCUT2D eigenvalue weighted by atomic mass is 32.2. The number of morpholine rings is 1. The predicted octanol–water partition coefficient (Wildman–Crippen LogP) is 2.71. The van der Waals surface area contributed by atoms with Crippen LogP contribution in [0.5, 0.6) is 0 Å². The van der Waals surface area contributed by atoms with Gasteiger partial charge in [-0.05, 0) is 25.5 Å². The van der Waals surface area contributed by atoms with Crippen molar-refractivity contribution in [3.8, 4) is 0 Å². The number of piperazine rings is 1. The summed E-state index contributed by atoms with van der Waals surface area (Å²) >= 11 is 0. The van der Waals surface area contributed by atoms with Crippen molar-refractivity contribution in [3.05, 3.63) is 64.2 Å². The molecule has 2 aliphatic heterocycles. The van der Waals surface area contributed by atoms with Crippen molar-refractivity contribution in [2.75, 3.05) is 44.2 Å². The van der Waals surface area contributed by atoms with Gasteiger partial charge < -0.3 is 9.64 Å². The van der Waals surface area contributed by atoms with E-state index in [0.717, 1.165) is 19.6 Å². The van der Waals surface area contributed by atoms with Crippen LogP contribution in [0.1, 0.15) is 19.4 Å². The summed E-state index contributed by atoms with van der Waals surface area (Å²) in [6, 6.07) is 14.4. The second-order valence-corrected chi connectivity index (χ2v) is 10.6. The SMILES string of the molecule is C[C@@H]1CN(S(=O)(=O)c2cc([N+](=O)[O-])ccc2N2CCN(Cc3ccccc3)CC2)C[C@@H](C)O1. The fraction of sp³-hybridized carbons (Fsp3) is 0.478. The summed E-state index contributed by atoms with van der Waals surface area (Å²) in [4.78, 5) is 15.2. The summed E-state index contributed by atoms with van der Waals surface area (Å²) in [5.41, 5.74) is 1.53. The lowest BCUT2D eigenvalue weighted by Crippen LogP contribution is -2.49. The summed E-state index contributed by atoms with van der Waals surface area (Å²) < 4.78 is 34.3. The van der Waals surface area contributed by atoms with Crippen LogP contribution in [0.4, 0.5) is 11.4 Å². The van der Waals surface area contributed by atoms with Crippen LogP contribution in [0, 0.1) is 10.1 Å². The van der Waals surface area contributed by atoms with E-state index in [9.17, 15) is 18.5 Å². The van der Waals surface area contributed by atoms with Crippen LogP contribution in [0.2, 0.25) is 0 Å². The van der Waals surface area contributed by atoms with Crippen LogP contribution in [0.25, 0.3) is 0 Å². The van der Waals surface area contributed by atoms with Gasteiger partial charge in [-0.1, -0.05) is 30.3 Å². The number of rotatable bonds is 6. The minimum absolute atomic E-state index is 0.00508. The Hall–Kier alpha value is -2.53. The molecular formula is C23H30N4O5S. The van der Waals surface area contributed by atoms with Gasteiger partial charge in [0.25, 0.3) is 5.69 Å². The summed E-state index contributed by atoms with van der Waals surface area (Å²) in [5.74, 6) is 0. The lowest BCUT2D eigenvalue weighted by atomic mass is 10.2. The van der Waals surface area contributed by atoms with Gasteiger partial charge in [0.05, 0.1) is 22.8 Å². The largest absolute Gasteiger partial charge is 0.373 e. The number of non-ortho nitro benzene ring substituents is 1. The zero-order valence-electron chi connectivity index (χ0n) is 19.0. The molecule has 2 atom stereocenters. The number of sulfonamides is 1. The number of benzene rings is 2. The third-order valence-corrected chi connectivity index (χ3v) is 7.98. The quantitative estimate of drug-likeness (QED) is 0.469. The van der Waals surface area contributed by atoms with Crippen LogP contribution < -0.4 is 4.90 Å². The van der Waals surface area contributed by atoms with Crippen molar-refractivity contribution in [1.29, 1.82) is 0 Å². The van der Waals surface area contributed by atoms with Crippen LogP contribution in [0.3, 0.4) is 0 Å². The summed E-state index contributed by atoms with van der Waals surface area (Å²) in [6.45, 7) is 7.78. The van der Waals surface area contributed by atoms with E-state index in [0.29, 0.717) is 18.8 Å². The smallest absolute Gasteiger partial charge is 0.270 e. The van der Waals surface area contributed by atoms with Crippen molar-refractivity contribution in [1.82, 2.24) is 9.21 Å². The van der Waals surface area contributed by atoms with Gasteiger partial charge in [0.2, 0.25) is 10.0 Å². The van der Waals surface area contributed by atoms with E-state index < -0.39 is 14.9 Å². The van der Waals surface area contributed by atoms with Crippen molar-refractivity contribution in [2.45, 2.75) is 37.5 Å². The van der Waals surface area contributed by atoms with Gasteiger partial charge in [-0.3, -0.25) is 15.0 Å². The number of anilines is 1. The maximum Gasteiger partial charge on any atom is 0.270 e. The van der Waals surface area contributed by atoms with Crippen LogP contribution in [0.15, 0.2) is 53.4 Å². The molecule has 178 valence electrons. The molecule has 0 aromatic heterocycles. The molecule has 33 heavy (non-hydrogen) atoms. The molecule has 2 aromatic carbocycles. The van der Waals surface area contributed by atoms with Crippen molar-refractivity contribution >= 4 is 21.4 Å². The van der Waals surface area contributed by atoms with Gasteiger partial charge in [-0.25, -0.2) is 8.42 Å². The fourth-order valence-corrected chi connectivity index (χ4v) is 6.36. The number of hydrogen-bond donors (Lipinski definition) is 0. The van der Waals surface area contributed by atoms with Gasteiger partial charge >= 0.3 is 0 Å². The predicted molar refractivity (Wildman–Crippen MR) is 126 cm³/mol. The molecule has 0 radical (unpaired) electrons. The van der Waals surface area contributed by atoms with Crippen LogP contribution in [-0.4, -0.2) is 74.0 Å². The molecule has 0 bridgehead atoms. The lowest BCUT2D eigenvalue weighted by molar-refractivity contribution is -0.385. The lowest BCUT2D eigenvalue weighted by Gasteiger charge is -2.38. The van der Waals surface area contributed by atoms with Crippen LogP contribution in [-0.2, 0) is 21.3 Å². The highest BCUT2D eigenvalue weighted by Crippen LogP contribution is 2.33. The van der Waals surface area contributed by atoms with Gasteiger partial charge in [-0.15, -0.1) is 0 Å².